The van der Waals surface area contributed by atoms with Crippen molar-refractivity contribution >= 4 is 35.5 Å². The minimum absolute atomic E-state index is 0. The van der Waals surface area contributed by atoms with Crippen molar-refractivity contribution in [2.75, 3.05) is 6.61 Å². The summed E-state index contributed by atoms with van der Waals surface area (Å²) < 4.78 is 4.85. The maximum absolute atomic E-state index is 10.7. The molecule has 0 N–H and O–H groups in total. The van der Waals surface area contributed by atoms with Gasteiger partial charge < -0.3 is 4.74 Å². The van der Waals surface area contributed by atoms with E-state index >= 15 is 0 Å². The van der Waals surface area contributed by atoms with E-state index < -0.39 is 0 Å². The number of rotatable bonds is 5. The molecule has 0 radical (unpaired) electrons. The second-order valence-electron chi connectivity index (χ2n) is 2.32. The Morgan fingerprint density at radius 3 is 2.36 bits per heavy atom. The molecule has 0 amide bonds. The van der Waals surface area contributed by atoms with Crippen LogP contribution >= 0.6 is 0 Å². The van der Waals surface area contributed by atoms with E-state index in [2.05, 4.69) is 6.92 Å². The Balaban J connectivity index is 0. The van der Waals surface area contributed by atoms with Gasteiger partial charge in [0.2, 0.25) is 0 Å². The first kappa shape index (κ1) is 14.0. The number of esters is 1. The molecule has 0 heterocycles. The van der Waals surface area contributed by atoms with E-state index in [-0.39, 0.29) is 35.5 Å². The number of carbonyl (C=O) groups is 1. The average Bonchev–Trinajstić information content (AvgIpc) is 1.97. The van der Waals surface area contributed by atoms with Crippen LogP contribution in [0, 0.1) is 0 Å². The van der Waals surface area contributed by atoms with Gasteiger partial charge in [0.25, 0.3) is 0 Å². The zero-order valence-electron chi connectivity index (χ0n) is 6.85. The van der Waals surface area contributed by atoms with Gasteiger partial charge in [0.1, 0.15) is 0 Å². The molecule has 11 heavy (non-hydrogen) atoms. The van der Waals surface area contributed by atoms with Crippen LogP contribution in [-0.4, -0.2) is 42.1 Å². The summed E-state index contributed by atoms with van der Waals surface area (Å²) in [5, 5.41) is 0. The monoisotopic (exact) mass is 168 g/mol. The van der Waals surface area contributed by atoms with Crippen LogP contribution < -0.4 is 0 Å². The average molecular weight is 168 g/mol. The third kappa shape index (κ3) is 10.5. The van der Waals surface area contributed by atoms with Crippen molar-refractivity contribution in [3.8, 4) is 0 Å². The molecule has 2 nitrogen and oxygen atoms in total. The van der Waals surface area contributed by atoms with Crippen molar-refractivity contribution < 1.29 is 9.53 Å². The SMILES string of the molecule is CCCCC(=O)OCCC.[NaH]. The van der Waals surface area contributed by atoms with E-state index in [1.807, 2.05) is 6.92 Å². The molecule has 62 valence electrons. The van der Waals surface area contributed by atoms with E-state index in [1.165, 1.54) is 0 Å². The molecule has 0 aromatic heterocycles. The van der Waals surface area contributed by atoms with Crippen LogP contribution in [0.2, 0.25) is 0 Å². The molecular weight excluding hydrogens is 151 g/mol. The van der Waals surface area contributed by atoms with Crippen molar-refractivity contribution in [3.05, 3.63) is 0 Å². The number of hydrogen-bond donors (Lipinski definition) is 0. The zero-order valence-corrected chi connectivity index (χ0v) is 6.85. The van der Waals surface area contributed by atoms with Gasteiger partial charge in [-0.1, -0.05) is 20.3 Å². The summed E-state index contributed by atoms with van der Waals surface area (Å²) in [7, 11) is 0. The van der Waals surface area contributed by atoms with Crippen LogP contribution in [0.3, 0.4) is 0 Å². The van der Waals surface area contributed by atoms with Crippen molar-refractivity contribution in [2.24, 2.45) is 0 Å². The normalized spacial score (nSPS) is 8.55. The van der Waals surface area contributed by atoms with Crippen LogP contribution in [0.4, 0.5) is 0 Å². The second-order valence-corrected chi connectivity index (χ2v) is 2.32. The molecule has 0 unspecified atom stereocenters. The molecular formula is C8H17NaO2. The van der Waals surface area contributed by atoms with Gasteiger partial charge in [0.15, 0.2) is 0 Å². The van der Waals surface area contributed by atoms with E-state index in [0.29, 0.717) is 13.0 Å². The Kier molecular flexibility index (Phi) is 13.3. The molecule has 0 saturated heterocycles. The fourth-order valence-electron chi connectivity index (χ4n) is 0.609. The second kappa shape index (κ2) is 10.5. The molecule has 0 saturated carbocycles. The van der Waals surface area contributed by atoms with Gasteiger partial charge in [-0.25, -0.2) is 0 Å². The predicted molar refractivity (Wildman–Crippen MR) is 47.9 cm³/mol. The van der Waals surface area contributed by atoms with Gasteiger partial charge in [-0.15, -0.1) is 0 Å². The first-order valence-corrected chi connectivity index (χ1v) is 3.96. The minimum atomic E-state index is -0.0521. The van der Waals surface area contributed by atoms with Crippen LogP contribution in [0.15, 0.2) is 0 Å². The molecule has 0 bridgehead atoms. The number of unbranched alkanes of at least 4 members (excludes halogenated alkanes) is 1. The first-order chi connectivity index (χ1) is 4.81. The van der Waals surface area contributed by atoms with Gasteiger partial charge >= 0.3 is 35.5 Å². The molecule has 0 aliphatic rings. The Bertz CT molecular complexity index is 84.1. The molecule has 0 aliphatic heterocycles. The van der Waals surface area contributed by atoms with E-state index in [1.54, 1.807) is 0 Å². The molecule has 3 heteroatoms. The molecule has 0 fully saturated rings. The van der Waals surface area contributed by atoms with E-state index in [0.717, 1.165) is 19.3 Å². The molecule has 0 spiro atoms. The fourth-order valence-corrected chi connectivity index (χ4v) is 0.609. The standard InChI is InChI=1S/C8H16O2.Na.H/c1-3-5-6-8(9)10-7-4-2;;/h3-7H2,1-2H3;;. The predicted octanol–water partition coefficient (Wildman–Crippen LogP) is 1.48. The first-order valence-electron chi connectivity index (χ1n) is 3.96. The Hall–Kier alpha value is 0.470. The summed E-state index contributed by atoms with van der Waals surface area (Å²) in [6, 6.07) is 0. The Morgan fingerprint density at radius 1 is 1.27 bits per heavy atom. The quantitative estimate of drug-likeness (QED) is 0.459. The van der Waals surface area contributed by atoms with Crippen LogP contribution in [0.25, 0.3) is 0 Å². The number of ether oxygens (including phenoxy) is 1. The van der Waals surface area contributed by atoms with Crippen molar-refractivity contribution in [2.45, 2.75) is 39.5 Å². The molecule has 0 aliphatic carbocycles. The summed E-state index contributed by atoms with van der Waals surface area (Å²) in [5.41, 5.74) is 0. The molecule has 0 atom stereocenters. The third-order valence-corrected chi connectivity index (χ3v) is 1.20. The number of carbonyl (C=O) groups excluding carboxylic acids is 1. The molecule has 0 aromatic rings. The van der Waals surface area contributed by atoms with Crippen LogP contribution in [0.5, 0.6) is 0 Å². The van der Waals surface area contributed by atoms with Gasteiger partial charge in [-0.2, -0.15) is 0 Å². The molecule has 0 rings (SSSR count). The van der Waals surface area contributed by atoms with Gasteiger partial charge in [-0.3, -0.25) is 4.79 Å². The summed E-state index contributed by atoms with van der Waals surface area (Å²) in [6.45, 7) is 4.63. The summed E-state index contributed by atoms with van der Waals surface area (Å²) in [4.78, 5) is 10.7. The van der Waals surface area contributed by atoms with Crippen LogP contribution in [0.1, 0.15) is 39.5 Å². The Morgan fingerprint density at radius 2 is 1.91 bits per heavy atom. The van der Waals surface area contributed by atoms with Gasteiger partial charge in [0.05, 0.1) is 6.61 Å². The van der Waals surface area contributed by atoms with Crippen LogP contribution in [-0.2, 0) is 9.53 Å². The fraction of sp³-hybridized carbons (Fsp3) is 0.875. The zero-order chi connectivity index (χ0) is 7.82. The summed E-state index contributed by atoms with van der Waals surface area (Å²) in [5.74, 6) is -0.0521. The summed E-state index contributed by atoms with van der Waals surface area (Å²) in [6.07, 6.45) is 3.50. The Labute approximate surface area is 91.0 Å². The third-order valence-electron chi connectivity index (χ3n) is 1.20. The molecule has 0 aromatic carbocycles. The van der Waals surface area contributed by atoms with E-state index in [9.17, 15) is 4.79 Å². The van der Waals surface area contributed by atoms with E-state index in [4.69, 9.17) is 4.74 Å². The van der Waals surface area contributed by atoms with Crippen molar-refractivity contribution in [3.63, 3.8) is 0 Å². The van der Waals surface area contributed by atoms with Crippen molar-refractivity contribution in [1.82, 2.24) is 0 Å². The maximum atomic E-state index is 10.7. The summed E-state index contributed by atoms with van der Waals surface area (Å²) >= 11 is 0. The van der Waals surface area contributed by atoms with Crippen molar-refractivity contribution in [1.29, 1.82) is 0 Å². The van der Waals surface area contributed by atoms with Gasteiger partial charge in [-0.05, 0) is 12.8 Å². The topological polar surface area (TPSA) is 26.3 Å². The van der Waals surface area contributed by atoms with Gasteiger partial charge in [0, 0.05) is 6.42 Å². The number of hydrogen-bond acceptors (Lipinski definition) is 2.